The minimum atomic E-state index is -1.63. The van der Waals surface area contributed by atoms with E-state index in [1.165, 1.54) is 35.9 Å². The number of benzene rings is 2. The lowest BCUT2D eigenvalue weighted by Gasteiger charge is -2.20. The smallest absolute Gasteiger partial charge is 0.335 e. The Hall–Kier alpha value is -4.45. The molecule has 9 heteroatoms. The zero-order valence-electron chi connectivity index (χ0n) is 16.3. The molecule has 1 aliphatic rings. The third-order valence-corrected chi connectivity index (χ3v) is 4.97. The van der Waals surface area contributed by atoms with Gasteiger partial charge < -0.3 is 24.8 Å². The number of carbonyl (C=O) groups is 3. The van der Waals surface area contributed by atoms with Gasteiger partial charge in [0.05, 0.1) is 19.2 Å². The van der Waals surface area contributed by atoms with Gasteiger partial charge in [-0.2, -0.15) is 0 Å². The minimum absolute atomic E-state index is 0.102. The zero-order valence-corrected chi connectivity index (χ0v) is 16.3. The Kier molecular flexibility index (Phi) is 4.75. The van der Waals surface area contributed by atoms with Crippen LogP contribution in [0, 0.1) is 11.8 Å². The number of fused-ring (bicyclic) bond motifs is 1. The second-order valence-electron chi connectivity index (χ2n) is 6.98. The van der Waals surface area contributed by atoms with Crippen molar-refractivity contribution >= 4 is 28.7 Å². The van der Waals surface area contributed by atoms with Gasteiger partial charge in [-0.25, -0.2) is 9.59 Å². The van der Waals surface area contributed by atoms with Crippen molar-refractivity contribution in [1.29, 1.82) is 0 Å². The van der Waals surface area contributed by atoms with Crippen molar-refractivity contribution in [1.82, 2.24) is 15.2 Å². The first kappa shape index (κ1) is 19.8. The van der Waals surface area contributed by atoms with Gasteiger partial charge in [-0.3, -0.25) is 10.1 Å². The van der Waals surface area contributed by atoms with E-state index in [4.69, 9.17) is 9.84 Å². The number of nitrogens with one attached hydrogen (secondary N) is 2. The molecule has 0 unspecified atom stereocenters. The summed E-state index contributed by atoms with van der Waals surface area (Å²) in [4.78, 5) is 35.5. The van der Waals surface area contributed by atoms with Crippen molar-refractivity contribution < 1.29 is 29.3 Å². The lowest BCUT2D eigenvalue weighted by molar-refractivity contribution is -0.122. The number of carbonyl (C=O) groups excluding carboxylic acids is 2. The molecule has 0 bridgehead atoms. The van der Waals surface area contributed by atoms with Crippen LogP contribution in [-0.4, -0.2) is 45.3 Å². The molecule has 0 saturated carbocycles. The molecule has 156 valence electrons. The van der Waals surface area contributed by atoms with Gasteiger partial charge in [0.2, 0.25) is 5.54 Å². The Bertz CT molecular complexity index is 1280. The normalized spacial score (nSPS) is 17.6. The maximum atomic E-state index is 12.6. The number of aromatic carboxylic acids is 1. The number of methoxy groups -OCH3 is 1. The summed E-state index contributed by atoms with van der Waals surface area (Å²) in [5.41, 5.74) is -1.06. The van der Waals surface area contributed by atoms with Crippen LogP contribution in [0.2, 0.25) is 0 Å². The summed E-state index contributed by atoms with van der Waals surface area (Å²) in [6.45, 7) is -0.145. The third-order valence-electron chi connectivity index (χ3n) is 4.97. The van der Waals surface area contributed by atoms with E-state index in [1.54, 1.807) is 24.4 Å². The van der Waals surface area contributed by atoms with Gasteiger partial charge >= 0.3 is 12.0 Å². The Morgan fingerprint density at radius 2 is 1.94 bits per heavy atom. The fourth-order valence-corrected chi connectivity index (χ4v) is 3.33. The summed E-state index contributed by atoms with van der Waals surface area (Å²) < 4.78 is 6.61. The highest BCUT2D eigenvalue weighted by molar-refractivity contribution is 6.09. The number of hydrogen-bond donors (Lipinski definition) is 4. The molecule has 1 saturated heterocycles. The number of ether oxygens (including phenoxy) is 1. The number of imide groups is 1. The average Bonchev–Trinajstić information content (AvgIpc) is 3.21. The van der Waals surface area contributed by atoms with Gasteiger partial charge in [0.25, 0.3) is 5.91 Å². The third kappa shape index (κ3) is 3.62. The Labute approximate surface area is 176 Å². The molecule has 1 fully saturated rings. The molecule has 1 aromatic heterocycles. The SMILES string of the molecule is COc1ccc2cn(C[C@@]3(C#Cc4ccc(C(=O)O)cc4)NC(=O)NC3=O)c(O)c2c1. The van der Waals surface area contributed by atoms with Crippen molar-refractivity contribution in [2.75, 3.05) is 7.11 Å². The Morgan fingerprint density at radius 3 is 2.55 bits per heavy atom. The molecule has 3 amide bonds. The molecule has 4 N–H and O–H groups in total. The van der Waals surface area contributed by atoms with E-state index in [1.807, 2.05) is 0 Å². The monoisotopic (exact) mass is 419 g/mol. The van der Waals surface area contributed by atoms with E-state index < -0.39 is 23.4 Å². The standard InChI is InChI=1S/C22H17N3O6/c1-31-16-7-6-15-11-25(18(26)17(15)10-16)12-22(20(29)23-21(30)24-22)9-8-13-2-4-14(5-3-13)19(27)28/h2-7,10-11,26H,12H2,1H3,(H,27,28)(H2,23,24,29,30)/t22-/m1/s1. The molecule has 4 rings (SSSR count). The molecular weight excluding hydrogens is 402 g/mol. The fourth-order valence-electron chi connectivity index (χ4n) is 3.33. The van der Waals surface area contributed by atoms with Crippen LogP contribution in [0.4, 0.5) is 4.79 Å². The largest absolute Gasteiger partial charge is 0.497 e. The van der Waals surface area contributed by atoms with Crippen LogP contribution in [0.15, 0.2) is 48.7 Å². The van der Waals surface area contributed by atoms with E-state index in [0.717, 1.165) is 5.39 Å². The van der Waals surface area contributed by atoms with Gasteiger partial charge in [-0.05, 0) is 42.5 Å². The molecule has 2 heterocycles. The minimum Gasteiger partial charge on any atom is -0.497 e. The summed E-state index contributed by atoms with van der Waals surface area (Å²) >= 11 is 0. The summed E-state index contributed by atoms with van der Waals surface area (Å²) in [6, 6.07) is 10.3. The van der Waals surface area contributed by atoms with Crippen LogP contribution in [0.25, 0.3) is 10.8 Å². The lowest BCUT2D eigenvalue weighted by atomic mass is 9.99. The zero-order chi connectivity index (χ0) is 22.2. The predicted octanol–water partition coefficient (Wildman–Crippen LogP) is 1.68. The Morgan fingerprint density at radius 1 is 1.19 bits per heavy atom. The summed E-state index contributed by atoms with van der Waals surface area (Å²) in [7, 11) is 1.52. The number of aromatic nitrogens is 1. The summed E-state index contributed by atoms with van der Waals surface area (Å²) in [6.07, 6.45) is 1.65. The summed E-state index contributed by atoms with van der Waals surface area (Å²) in [5.74, 6) is 4.33. The molecule has 9 nitrogen and oxygen atoms in total. The molecule has 0 radical (unpaired) electrons. The van der Waals surface area contributed by atoms with E-state index in [0.29, 0.717) is 16.7 Å². The number of carboxylic acids is 1. The van der Waals surface area contributed by atoms with Gasteiger partial charge in [0.15, 0.2) is 5.88 Å². The van der Waals surface area contributed by atoms with Crippen molar-refractivity contribution in [3.8, 4) is 23.5 Å². The first-order valence-electron chi connectivity index (χ1n) is 9.17. The highest BCUT2D eigenvalue weighted by Crippen LogP contribution is 2.31. The van der Waals surface area contributed by atoms with Crippen LogP contribution in [0.3, 0.4) is 0 Å². The second kappa shape index (κ2) is 7.42. The maximum Gasteiger partial charge on any atom is 0.335 e. The first-order chi connectivity index (χ1) is 14.8. The quantitative estimate of drug-likeness (QED) is 0.376. The van der Waals surface area contributed by atoms with Crippen molar-refractivity contribution in [2.24, 2.45) is 0 Å². The van der Waals surface area contributed by atoms with Gasteiger partial charge in [-0.15, -0.1) is 0 Å². The van der Waals surface area contributed by atoms with Gasteiger partial charge in [-0.1, -0.05) is 11.8 Å². The Balaban J connectivity index is 1.72. The lowest BCUT2D eigenvalue weighted by Crippen LogP contribution is -2.49. The average molecular weight is 419 g/mol. The molecular formula is C22H17N3O6. The van der Waals surface area contributed by atoms with Crippen LogP contribution in [-0.2, 0) is 11.3 Å². The van der Waals surface area contributed by atoms with E-state index in [2.05, 4.69) is 22.5 Å². The van der Waals surface area contributed by atoms with E-state index >= 15 is 0 Å². The van der Waals surface area contributed by atoms with Crippen molar-refractivity contribution in [3.05, 3.63) is 59.8 Å². The first-order valence-corrected chi connectivity index (χ1v) is 9.17. The highest BCUT2D eigenvalue weighted by atomic mass is 16.5. The van der Waals surface area contributed by atoms with E-state index in [9.17, 15) is 19.5 Å². The second-order valence-corrected chi connectivity index (χ2v) is 6.98. The van der Waals surface area contributed by atoms with Crippen molar-refractivity contribution in [2.45, 2.75) is 12.1 Å². The number of nitrogens with zero attached hydrogens (tertiary/aromatic N) is 1. The predicted molar refractivity (Wildman–Crippen MR) is 110 cm³/mol. The van der Waals surface area contributed by atoms with Gasteiger partial charge in [0.1, 0.15) is 5.75 Å². The molecule has 0 spiro atoms. The fraction of sp³-hybridized carbons (Fsp3) is 0.136. The van der Waals surface area contributed by atoms with Gasteiger partial charge in [0, 0.05) is 22.5 Å². The van der Waals surface area contributed by atoms with Crippen LogP contribution in [0.1, 0.15) is 15.9 Å². The molecule has 0 aliphatic carbocycles. The summed E-state index contributed by atoms with van der Waals surface area (Å²) in [5, 5.41) is 25.6. The molecule has 1 atom stereocenters. The number of carboxylic acid groups (broad SMARTS) is 1. The van der Waals surface area contributed by atoms with Crippen LogP contribution < -0.4 is 15.4 Å². The number of aromatic hydroxyl groups is 1. The van der Waals surface area contributed by atoms with Crippen LogP contribution in [0.5, 0.6) is 11.6 Å². The number of amides is 3. The maximum absolute atomic E-state index is 12.6. The number of hydrogen-bond acceptors (Lipinski definition) is 5. The number of rotatable bonds is 4. The molecule has 1 aliphatic heterocycles. The number of urea groups is 1. The topological polar surface area (TPSA) is 130 Å². The molecule has 31 heavy (non-hydrogen) atoms. The highest BCUT2D eigenvalue weighted by Gasteiger charge is 2.46. The molecule has 2 aromatic carbocycles. The van der Waals surface area contributed by atoms with Crippen LogP contribution >= 0.6 is 0 Å². The molecule has 3 aromatic rings. The van der Waals surface area contributed by atoms with E-state index in [-0.39, 0.29) is 18.0 Å². The van der Waals surface area contributed by atoms with Crippen molar-refractivity contribution in [3.63, 3.8) is 0 Å².